The van der Waals surface area contributed by atoms with Gasteiger partial charge >= 0.3 is 0 Å². The molecule has 39 heavy (non-hydrogen) atoms. The lowest BCUT2D eigenvalue weighted by atomic mass is 9.73. The van der Waals surface area contributed by atoms with Crippen molar-refractivity contribution >= 4 is 17.4 Å². The van der Waals surface area contributed by atoms with Gasteiger partial charge in [0.25, 0.3) is 0 Å². The van der Waals surface area contributed by atoms with Gasteiger partial charge in [-0.05, 0) is 53.7 Å². The Morgan fingerprint density at radius 3 is 2.74 bits per heavy atom. The van der Waals surface area contributed by atoms with E-state index in [2.05, 4.69) is 80.6 Å². The molecule has 1 aromatic carbocycles. The van der Waals surface area contributed by atoms with E-state index in [-0.39, 0.29) is 16.9 Å². The highest BCUT2D eigenvalue weighted by atomic mass is 16.3. The normalized spacial score (nSPS) is 24.1. The van der Waals surface area contributed by atoms with Gasteiger partial charge in [-0.3, -0.25) is 10.1 Å². The number of rotatable bonds is 1. The van der Waals surface area contributed by atoms with Crippen molar-refractivity contribution in [2.24, 2.45) is 21.6 Å². The number of aliphatic imine (C=N–C) groups is 1. The number of anilines is 1. The summed E-state index contributed by atoms with van der Waals surface area (Å²) in [5.74, 6) is 1.21. The molecule has 0 saturated carbocycles. The van der Waals surface area contributed by atoms with E-state index < -0.39 is 6.23 Å². The highest BCUT2D eigenvalue weighted by Crippen LogP contribution is 2.51. The molecule has 1 unspecified atom stereocenters. The number of aliphatic hydroxyl groups excluding tert-OH is 1. The Morgan fingerprint density at radius 2 is 1.97 bits per heavy atom. The Morgan fingerprint density at radius 1 is 1.18 bits per heavy atom. The molecule has 7 rings (SSSR count). The van der Waals surface area contributed by atoms with Crippen molar-refractivity contribution in [3.8, 4) is 6.07 Å². The monoisotopic (exact) mass is 520 g/mol. The molecule has 5 N–H and O–H groups in total. The van der Waals surface area contributed by atoms with E-state index in [1.54, 1.807) is 6.20 Å². The van der Waals surface area contributed by atoms with Crippen LogP contribution in [0.5, 0.6) is 0 Å². The molecule has 9 heteroatoms. The number of nitrogens with one attached hydrogen (secondary N) is 2. The molecule has 1 saturated heterocycles. The number of hydrogen-bond acceptors (Lipinski definition) is 8. The number of nitrogens with two attached hydrogens (primary N) is 1. The first-order valence-electron chi connectivity index (χ1n) is 13.6. The van der Waals surface area contributed by atoms with Crippen molar-refractivity contribution in [3.05, 3.63) is 81.8 Å². The fourth-order valence-electron chi connectivity index (χ4n) is 6.94. The summed E-state index contributed by atoms with van der Waals surface area (Å²) in [6.07, 6.45) is 6.43. The van der Waals surface area contributed by atoms with E-state index in [0.29, 0.717) is 28.6 Å². The molecule has 0 bridgehead atoms. The first-order chi connectivity index (χ1) is 18.8. The predicted molar refractivity (Wildman–Crippen MR) is 148 cm³/mol. The fourth-order valence-corrected chi connectivity index (χ4v) is 6.94. The van der Waals surface area contributed by atoms with Gasteiger partial charge < -0.3 is 21.1 Å². The van der Waals surface area contributed by atoms with Crippen molar-refractivity contribution < 1.29 is 5.11 Å². The molecule has 0 radical (unpaired) electrons. The average molecular weight is 521 g/mol. The van der Waals surface area contributed by atoms with Crippen LogP contribution in [-0.2, 0) is 12.8 Å². The minimum atomic E-state index is -1.07. The number of allylic oxidation sites excluding steroid dienone is 1. The third-order valence-electron chi connectivity index (χ3n) is 9.01. The Hall–Kier alpha value is -4.00. The van der Waals surface area contributed by atoms with E-state index in [1.807, 2.05) is 6.07 Å². The fraction of sp³-hybridized carbons (Fsp3) is 0.400. The highest BCUT2D eigenvalue weighted by Gasteiger charge is 2.46. The minimum absolute atomic E-state index is 0.0510. The summed E-state index contributed by atoms with van der Waals surface area (Å²) in [4.78, 5) is 11.5. The summed E-state index contributed by atoms with van der Waals surface area (Å²) in [5, 5.41) is 31.8. The second kappa shape index (κ2) is 8.50. The molecule has 3 aromatic rings. The maximum atomic E-state index is 11.3. The molecule has 2 aliphatic carbocycles. The molecule has 4 aliphatic rings. The number of nitriles is 1. The summed E-state index contributed by atoms with van der Waals surface area (Å²) in [6, 6.07) is 12.6. The van der Waals surface area contributed by atoms with E-state index in [4.69, 9.17) is 5.73 Å². The van der Waals surface area contributed by atoms with Gasteiger partial charge in [-0.15, -0.1) is 0 Å². The van der Waals surface area contributed by atoms with Crippen LogP contribution >= 0.6 is 0 Å². The lowest BCUT2D eigenvalue weighted by Gasteiger charge is -2.43. The molecule has 0 amide bonds. The zero-order valence-electron chi connectivity index (χ0n) is 22.2. The number of hydrogen-bond donors (Lipinski definition) is 4. The summed E-state index contributed by atoms with van der Waals surface area (Å²) in [7, 11) is 0. The van der Waals surface area contributed by atoms with Gasteiger partial charge in [0.15, 0.2) is 12.0 Å². The molecule has 2 atom stereocenters. The van der Waals surface area contributed by atoms with Gasteiger partial charge in [0.1, 0.15) is 6.07 Å². The van der Waals surface area contributed by atoms with Crippen molar-refractivity contribution in [1.82, 2.24) is 20.1 Å². The SMILES string of the molecule is CC1(C)C=C(c2[nH]nc3c2C(O)N=C(N2CCC4(CC2)Cc2ccccc2[C@H]4N)N3)c2cc(C#N)cnc2C1. The quantitative estimate of drug-likeness (QED) is 0.383. The molecule has 2 aromatic heterocycles. The molecular formula is C30H32N8O. The van der Waals surface area contributed by atoms with Gasteiger partial charge in [0.2, 0.25) is 5.96 Å². The number of H-pyrrole nitrogens is 1. The molecule has 1 fully saturated rings. The smallest absolute Gasteiger partial charge is 0.202 e. The van der Waals surface area contributed by atoms with Gasteiger partial charge in [-0.1, -0.05) is 44.2 Å². The first-order valence-corrected chi connectivity index (χ1v) is 13.6. The number of likely N-dealkylation sites (tertiary alicyclic amines) is 1. The number of aromatic amines is 1. The predicted octanol–water partition coefficient (Wildman–Crippen LogP) is 3.80. The lowest BCUT2D eigenvalue weighted by molar-refractivity contribution is 0.124. The summed E-state index contributed by atoms with van der Waals surface area (Å²) < 4.78 is 0. The van der Waals surface area contributed by atoms with Crippen LogP contribution in [-0.4, -0.2) is 44.2 Å². The Kier molecular flexibility index (Phi) is 5.25. The van der Waals surface area contributed by atoms with Crippen LogP contribution in [0, 0.1) is 22.2 Å². The minimum Gasteiger partial charge on any atom is -0.368 e. The van der Waals surface area contributed by atoms with E-state index in [1.165, 1.54) is 11.1 Å². The second-order valence-electron chi connectivity index (χ2n) is 12.1. The van der Waals surface area contributed by atoms with Crippen LogP contribution in [0.3, 0.4) is 0 Å². The zero-order valence-corrected chi connectivity index (χ0v) is 22.2. The van der Waals surface area contributed by atoms with Gasteiger partial charge in [0, 0.05) is 42.2 Å². The Balaban J connectivity index is 1.15. The third-order valence-corrected chi connectivity index (χ3v) is 9.01. The number of pyridine rings is 1. The standard InChI is InChI=1S/C30H32N8O/c1-29(2)13-21(20-11-17(15-31)16-33-22(20)14-29)24-23-26(37-36-24)34-28(35-27(23)39)38-9-7-30(8-10-38)12-18-5-3-4-6-19(18)25(30)32/h3-6,11,13,16,25,27,39H,7-10,12,14,32H2,1-2H3,(H2,34,35,36,37)/t25-,27?/m1/s1. The largest absolute Gasteiger partial charge is 0.368 e. The number of nitrogens with zero attached hydrogens (tertiary/aromatic N) is 5. The van der Waals surface area contributed by atoms with Crippen LogP contribution in [0.1, 0.15) is 78.2 Å². The Labute approximate surface area is 227 Å². The van der Waals surface area contributed by atoms with Crippen LogP contribution in [0.2, 0.25) is 0 Å². The third kappa shape index (κ3) is 3.78. The second-order valence-corrected chi connectivity index (χ2v) is 12.1. The summed E-state index contributed by atoms with van der Waals surface area (Å²) in [5.41, 5.74) is 13.8. The first kappa shape index (κ1) is 24.1. The van der Waals surface area contributed by atoms with Gasteiger partial charge in [-0.25, -0.2) is 4.99 Å². The van der Waals surface area contributed by atoms with Crippen LogP contribution in [0.15, 0.2) is 47.6 Å². The van der Waals surface area contributed by atoms with Crippen LogP contribution in [0.4, 0.5) is 5.82 Å². The highest BCUT2D eigenvalue weighted by molar-refractivity contribution is 5.97. The van der Waals surface area contributed by atoms with E-state index >= 15 is 0 Å². The van der Waals surface area contributed by atoms with E-state index in [0.717, 1.165) is 55.6 Å². The number of benzene rings is 1. The summed E-state index contributed by atoms with van der Waals surface area (Å²) in [6.45, 7) is 5.92. The molecule has 2 aliphatic heterocycles. The topological polar surface area (TPSA) is 139 Å². The maximum Gasteiger partial charge on any atom is 0.202 e. The maximum absolute atomic E-state index is 11.3. The molecule has 198 valence electrons. The Bertz CT molecular complexity index is 1580. The molecule has 1 spiro atoms. The lowest BCUT2D eigenvalue weighted by Crippen LogP contribution is -2.49. The summed E-state index contributed by atoms with van der Waals surface area (Å²) >= 11 is 0. The average Bonchev–Trinajstić information content (AvgIpc) is 3.47. The van der Waals surface area contributed by atoms with Crippen molar-refractivity contribution in [2.75, 3.05) is 18.4 Å². The number of piperidine rings is 1. The van der Waals surface area contributed by atoms with Crippen molar-refractivity contribution in [3.63, 3.8) is 0 Å². The van der Waals surface area contributed by atoms with Crippen LogP contribution < -0.4 is 11.1 Å². The number of fused-ring (bicyclic) bond motifs is 3. The zero-order chi connectivity index (χ0) is 26.9. The molecular weight excluding hydrogens is 488 g/mol. The van der Waals surface area contributed by atoms with Gasteiger partial charge in [0.05, 0.1) is 16.8 Å². The number of aliphatic hydroxyl groups is 1. The van der Waals surface area contributed by atoms with Crippen molar-refractivity contribution in [1.29, 1.82) is 5.26 Å². The van der Waals surface area contributed by atoms with E-state index in [9.17, 15) is 10.4 Å². The van der Waals surface area contributed by atoms with Crippen molar-refractivity contribution in [2.45, 2.75) is 51.8 Å². The molecule has 4 heterocycles. The number of guanidine groups is 1. The molecule has 9 nitrogen and oxygen atoms in total. The number of aromatic nitrogens is 3. The van der Waals surface area contributed by atoms with Crippen LogP contribution in [0.25, 0.3) is 5.57 Å². The van der Waals surface area contributed by atoms with Gasteiger partial charge in [-0.2, -0.15) is 10.4 Å².